The third-order valence-electron chi connectivity index (χ3n) is 3.41. The molecule has 1 aromatic carbocycles. The van der Waals surface area contributed by atoms with Crippen LogP contribution in [0.5, 0.6) is 0 Å². The van der Waals surface area contributed by atoms with Gasteiger partial charge in [-0.15, -0.1) is 0 Å². The maximum absolute atomic E-state index is 5.67. The number of nitrogens with zero attached hydrogens (tertiary/aromatic N) is 2. The highest BCUT2D eigenvalue weighted by Crippen LogP contribution is 2.26. The van der Waals surface area contributed by atoms with Gasteiger partial charge < -0.3 is 15.1 Å². The van der Waals surface area contributed by atoms with E-state index in [0.29, 0.717) is 5.89 Å². The predicted molar refractivity (Wildman–Crippen MR) is 79.5 cm³/mol. The maximum Gasteiger partial charge on any atom is 0.192 e. The van der Waals surface area contributed by atoms with Crippen LogP contribution in [0, 0.1) is 12.3 Å². The fourth-order valence-electron chi connectivity index (χ4n) is 2.47. The van der Waals surface area contributed by atoms with Gasteiger partial charge in [-0.05, 0) is 36.6 Å². The number of oxazole rings is 1. The summed E-state index contributed by atoms with van der Waals surface area (Å²) < 4.78 is 5.50. The van der Waals surface area contributed by atoms with Crippen molar-refractivity contribution in [2.75, 3.05) is 25.0 Å². The topological polar surface area (TPSA) is 55.3 Å². The molecule has 0 aliphatic heterocycles. The van der Waals surface area contributed by atoms with Crippen LogP contribution in [0.25, 0.3) is 11.1 Å². The smallest absolute Gasteiger partial charge is 0.192 e. The summed E-state index contributed by atoms with van der Waals surface area (Å²) in [7, 11) is 2.10. The maximum atomic E-state index is 5.67. The predicted octanol–water partition coefficient (Wildman–Crippen LogP) is 2.95. The van der Waals surface area contributed by atoms with Crippen molar-refractivity contribution >= 4 is 16.8 Å². The van der Waals surface area contributed by atoms with Crippen molar-refractivity contribution in [3.8, 4) is 0 Å². The van der Waals surface area contributed by atoms with Crippen LogP contribution in [0.15, 0.2) is 22.6 Å². The van der Waals surface area contributed by atoms with Gasteiger partial charge in [-0.25, -0.2) is 4.98 Å². The second kappa shape index (κ2) is 5.21. The molecule has 104 valence electrons. The Labute approximate surface area is 114 Å². The zero-order valence-corrected chi connectivity index (χ0v) is 12.2. The molecule has 0 saturated heterocycles. The average Bonchev–Trinajstić information content (AvgIpc) is 2.66. The Morgan fingerprint density at radius 3 is 2.79 bits per heavy atom. The first-order valence-electron chi connectivity index (χ1n) is 6.70. The summed E-state index contributed by atoms with van der Waals surface area (Å²) in [5.74, 6) is 0.707. The first-order chi connectivity index (χ1) is 8.91. The second-order valence-electron chi connectivity index (χ2n) is 5.94. The number of hydrogen-bond donors (Lipinski definition) is 1. The van der Waals surface area contributed by atoms with E-state index in [9.17, 15) is 0 Å². The van der Waals surface area contributed by atoms with E-state index in [-0.39, 0.29) is 5.41 Å². The molecule has 2 N–H and O–H groups in total. The molecule has 1 heterocycles. The molecule has 19 heavy (non-hydrogen) atoms. The van der Waals surface area contributed by atoms with Crippen LogP contribution in [-0.2, 0) is 0 Å². The number of aryl methyl sites for hydroxylation is 1. The number of hydrogen-bond acceptors (Lipinski definition) is 4. The Hall–Kier alpha value is -1.55. The molecular formula is C15H23N3O. The lowest BCUT2D eigenvalue weighted by Crippen LogP contribution is -2.32. The number of rotatable bonds is 5. The fourth-order valence-corrected chi connectivity index (χ4v) is 2.47. The third kappa shape index (κ3) is 3.26. The largest absolute Gasteiger partial charge is 0.441 e. The van der Waals surface area contributed by atoms with Gasteiger partial charge in [0.1, 0.15) is 5.52 Å². The van der Waals surface area contributed by atoms with Crippen LogP contribution >= 0.6 is 0 Å². The van der Waals surface area contributed by atoms with E-state index in [1.54, 1.807) is 0 Å². The SMILES string of the molecule is Cc1nc2cc(N(C)CC(C)(C)CCN)ccc2o1. The van der Waals surface area contributed by atoms with Gasteiger partial charge in [-0.2, -0.15) is 0 Å². The summed E-state index contributed by atoms with van der Waals surface area (Å²) in [4.78, 5) is 6.62. The first-order valence-corrected chi connectivity index (χ1v) is 6.70. The average molecular weight is 261 g/mol. The van der Waals surface area contributed by atoms with Gasteiger partial charge in [0, 0.05) is 26.2 Å². The minimum absolute atomic E-state index is 0.207. The van der Waals surface area contributed by atoms with Gasteiger partial charge in [0.15, 0.2) is 11.5 Å². The van der Waals surface area contributed by atoms with Gasteiger partial charge in [0.2, 0.25) is 0 Å². The fraction of sp³-hybridized carbons (Fsp3) is 0.533. The number of benzene rings is 1. The van der Waals surface area contributed by atoms with E-state index >= 15 is 0 Å². The molecule has 0 saturated carbocycles. The van der Waals surface area contributed by atoms with E-state index < -0.39 is 0 Å². The lowest BCUT2D eigenvalue weighted by molar-refractivity contribution is 0.347. The van der Waals surface area contributed by atoms with Gasteiger partial charge in [0.25, 0.3) is 0 Å². The molecule has 0 amide bonds. The second-order valence-corrected chi connectivity index (χ2v) is 5.94. The molecule has 2 aromatic rings. The minimum atomic E-state index is 0.207. The number of nitrogens with two attached hydrogens (primary N) is 1. The van der Waals surface area contributed by atoms with Crippen molar-refractivity contribution in [2.45, 2.75) is 27.2 Å². The summed E-state index contributed by atoms with van der Waals surface area (Å²) in [5.41, 5.74) is 8.79. The standard InChI is InChI=1S/C15H23N3O/c1-11-17-13-9-12(5-6-14(13)19-11)18(4)10-15(2,3)7-8-16/h5-6,9H,7-8,10,16H2,1-4H3. The molecule has 4 heteroatoms. The van der Waals surface area contributed by atoms with Crippen molar-refractivity contribution in [3.63, 3.8) is 0 Å². The van der Waals surface area contributed by atoms with Crippen molar-refractivity contribution in [3.05, 3.63) is 24.1 Å². The van der Waals surface area contributed by atoms with E-state index in [1.165, 1.54) is 0 Å². The molecule has 0 aliphatic rings. The van der Waals surface area contributed by atoms with Gasteiger partial charge in [-0.3, -0.25) is 0 Å². The van der Waals surface area contributed by atoms with Gasteiger partial charge in [0.05, 0.1) is 0 Å². The monoisotopic (exact) mass is 261 g/mol. The Balaban J connectivity index is 2.18. The Bertz CT molecular complexity index is 560. The molecule has 4 nitrogen and oxygen atoms in total. The molecule has 0 radical (unpaired) electrons. The molecular weight excluding hydrogens is 238 g/mol. The lowest BCUT2D eigenvalue weighted by Gasteiger charge is -2.31. The van der Waals surface area contributed by atoms with Crippen LogP contribution < -0.4 is 10.6 Å². The normalized spacial score (nSPS) is 12.1. The van der Waals surface area contributed by atoms with Crippen LogP contribution in [0.4, 0.5) is 5.69 Å². The molecule has 2 rings (SSSR count). The van der Waals surface area contributed by atoms with Crippen molar-refractivity contribution in [1.82, 2.24) is 4.98 Å². The number of aromatic nitrogens is 1. The van der Waals surface area contributed by atoms with E-state index in [0.717, 1.165) is 36.3 Å². The van der Waals surface area contributed by atoms with Gasteiger partial charge >= 0.3 is 0 Å². The summed E-state index contributed by atoms with van der Waals surface area (Å²) >= 11 is 0. The Kier molecular flexibility index (Phi) is 3.80. The zero-order valence-electron chi connectivity index (χ0n) is 12.2. The Morgan fingerprint density at radius 2 is 2.11 bits per heavy atom. The van der Waals surface area contributed by atoms with E-state index in [1.807, 2.05) is 13.0 Å². The molecule has 0 aliphatic carbocycles. The highest BCUT2D eigenvalue weighted by molar-refractivity contribution is 5.77. The number of anilines is 1. The molecule has 0 bridgehead atoms. The molecule has 0 unspecified atom stereocenters. The van der Waals surface area contributed by atoms with Gasteiger partial charge in [-0.1, -0.05) is 13.8 Å². The highest BCUT2D eigenvalue weighted by atomic mass is 16.3. The van der Waals surface area contributed by atoms with E-state index in [2.05, 4.69) is 42.9 Å². The molecule has 0 fully saturated rings. The summed E-state index contributed by atoms with van der Waals surface area (Å²) in [6.45, 7) is 8.05. The van der Waals surface area contributed by atoms with Crippen LogP contribution in [0.1, 0.15) is 26.2 Å². The lowest BCUT2D eigenvalue weighted by atomic mass is 9.88. The van der Waals surface area contributed by atoms with Crippen molar-refractivity contribution in [2.24, 2.45) is 11.1 Å². The first kappa shape index (κ1) is 13.9. The molecule has 1 aromatic heterocycles. The minimum Gasteiger partial charge on any atom is -0.441 e. The number of fused-ring (bicyclic) bond motifs is 1. The van der Waals surface area contributed by atoms with Crippen LogP contribution in [0.2, 0.25) is 0 Å². The molecule has 0 spiro atoms. The highest BCUT2D eigenvalue weighted by Gasteiger charge is 2.19. The van der Waals surface area contributed by atoms with Crippen molar-refractivity contribution in [1.29, 1.82) is 0 Å². The quantitative estimate of drug-likeness (QED) is 0.899. The van der Waals surface area contributed by atoms with Crippen LogP contribution in [-0.4, -0.2) is 25.1 Å². The Morgan fingerprint density at radius 1 is 1.37 bits per heavy atom. The third-order valence-corrected chi connectivity index (χ3v) is 3.41. The summed E-state index contributed by atoms with van der Waals surface area (Å²) in [6, 6.07) is 6.13. The molecule has 0 atom stereocenters. The summed E-state index contributed by atoms with van der Waals surface area (Å²) in [5, 5.41) is 0. The zero-order chi connectivity index (χ0) is 14.0. The van der Waals surface area contributed by atoms with Crippen molar-refractivity contribution < 1.29 is 4.42 Å². The van der Waals surface area contributed by atoms with E-state index in [4.69, 9.17) is 10.2 Å². The van der Waals surface area contributed by atoms with Crippen LogP contribution in [0.3, 0.4) is 0 Å². The summed E-state index contributed by atoms with van der Waals surface area (Å²) in [6.07, 6.45) is 1.02.